The van der Waals surface area contributed by atoms with Crippen LogP contribution in [0.5, 0.6) is 0 Å². The van der Waals surface area contributed by atoms with Gasteiger partial charge in [-0.3, -0.25) is 4.90 Å². The van der Waals surface area contributed by atoms with Gasteiger partial charge >= 0.3 is 0 Å². The lowest BCUT2D eigenvalue weighted by molar-refractivity contribution is 0.0234. The summed E-state index contributed by atoms with van der Waals surface area (Å²) in [6.07, 6.45) is 5.56. The van der Waals surface area contributed by atoms with Gasteiger partial charge in [-0.2, -0.15) is 0 Å². The molecule has 2 fully saturated rings. The minimum atomic E-state index is 0.486. The largest absolute Gasteiger partial charge is 0.329 e. The van der Waals surface area contributed by atoms with Gasteiger partial charge in [-0.15, -0.1) is 0 Å². The molecule has 0 amide bonds. The van der Waals surface area contributed by atoms with Crippen LogP contribution in [-0.2, 0) is 0 Å². The van der Waals surface area contributed by atoms with Gasteiger partial charge in [0.25, 0.3) is 0 Å². The molecule has 112 valence electrons. The molecule has 1 atom stereocenters. The first-order valence-corrected chi connectivity index (χ1v) is 8.06. The van der Waals surface area contributed by atoms with E-state index in [9.17, 15) is 0 Å². The Hall–Kier alpha value is -0.120. The van der Waals surface area contributed by atoms with Crippen molar-refractivity contribution in [3.63, 3.8) is 0 Å². The SMILES string of the molecule is CN1CCN(C2CCC(C(C)(C)C)CC2)C(CN)C1. The fraction of sp³-hybridized carbons (Fsp3) is 1.00. The number of rotatable bonds is 2. The molecule has 19 heavy (non-hydrogen) atoms. The van der Waals surface area contributed by atoms with E-state index < -0.39 is 0 Å². The second-order valence-electron chi connectivity index (χ2n) is 7.76. The predicted molar refractivity (Wildman–Crippen MR) is 82.2 cm³/mol. The van der Waals surface area contributed by atoms with Crippen molar-refractivity contribution in [2.24, 2.45) is 17.1 Å². The van der Waals surface area contributed by atoms with Crippen LogP contribution in [0, 0.1) is 11.3 Å². The molecule has 1 heterocycles. The molecular formula is C16H33N3. The minimum absolute atomic E-state index is 0.486. The highest BCUT2D eigenvalue weighted by Gasteiger charge is 2.35. The van der Waals surface area contributed by atoms with Gasteiger partial charge < -0.3 is 10.6 Å². The van der Waals surface area contributed by atoms with Crippen molar-refractivity contribution >= 4 is 0 Å². The molecule has 1 saturated carbocycles. The third-order valence-electron chi connectivity index (χ3n) is 5.39. The van der Waals surface area contributed by atoms with Crippen LogP contribution in [0.4, 0.5) is 0 Å². The number of nitrogens with two attached hydrogens (primary N) is 1. The van der Waals surface area contributed by atoms with Crippen LogP contribution in [0.25, 0.3) is 0 Å². The van der Waals surface area contributed by atoms with Gasteiger partial charge in [-0.25, -0.2) is 0 Å². The summed E-state index contributed by atoms with van der Waals surface area (Å²) in [5, 5.41) is 0. The number of hydrogen-bond donors (Lipinski definition) is 1. The minimum Gasteiger partial charge on any atom is -0.329 e. The van der Waals surface area contributed by atoms with Gasteiger partial charge in [0.2, 0.25) is 0 Å². The summed E-state index contributed by atoms with van der Waals surface area (Å²) in [6.45, 7) is 11.6. The molecule has 0 bridgehead atoms. The van der Waals surface area contributed by atoms with Gasteiger partial charge in [0, 0.05) is 38.3 Å². The number of nitrogens with zero attached hydrogens (tertiary/aromatic N) is 2. The summed E-state index contributed by atoms with van der Waals surface area (Å²) in [5.41, 5.74) is 6.48. The Bertz CT molecular complexity index is 276. The molecular weight excluding hydrogens is 234 g/mol. The zero-order chi connectivity index (χ0) is 14.0. The first-order valence-electron chi connectivity index (χ1n) is 8.06. The van der Waals surface area contributed by atoms with Gasteiger partial charge in [0.05, 0.1) is 0 Å². The van der Waals surface area contributed by atoms with E-state index in [2.05, 4.69) is 37.6 Å². The van der Waals surface area contributed by atoms with Crippen molar-refractivity contribution in [1.82, 2.24) is 9.80 Å². The Labute approximate surface area is 119 Å². The Morgan fingerprint density at radius 3 is 2.21 bits per heavy atom. The van der Waals surface area contributed by atoms with E-state index in [0.717, 1.165) is 25.0 Å². The highest BCUT2D eigenvalue weighted by Crippen LogP contribution is 2.39. The van der Waals surface area contributed by atoms with Crippen molar-refractivity contribution in [3.05, 3.63) is 0 Å². The van der Waals surface area contributed by atoms with Crippen molar-refractivity contribution in [2.45, 2.75) is 58.5 Å². The molecule has 3 heteroatoms. The highest BCUT2D eigenvalue weighted by atomic mass is 15.3. The summed E-state index contributed by atoms with van der Waals surface area (Å²) in [6, 6.07) is 1.37. The van der Waals surface area contributed by atoms with E-state index in [1.54, 1.807) is 0 Å². The molecule has 1 aliphatic heterocycles. The van der Waals surface area contributed by atoms with E-state index in [-0.39, 0.29) is 0 Å². The van der Waals surface area contributed by atoms with Gasteiger partial charge in [-0.1, -0.05) is 20.8 Å². The molecule has 0 aromatic heterocycles. The van der Waals surface area contributed by atoms with Crippen LogP contribution < -0.4 is 5.73 Å². The number of likely N-dealkylation sites (N-methyl/N-ethyl adjacent to an activating group) is 1. The van der Waals surface area contributed by atoms with Crippen LogP contribution in [-0.4, -0.2) is 55.1 Å². The average molecular weight is 267 g/mol. The Morgan fingerprint density at radius 1 is 1.05 bits per heavy atom. The molecule has 2 aliphatic rings. The first kappa shape index (κ1) is 15.3. The van der Waals surface area contributed by atoms with Crippen LogP contribution in [0.1, 0.15) is 46.5 Å². The summed E-state index contributed by atoms with van der Waals surface area (Å²) >= 11 is 0. The number of hydrogen-bond acceptors (Lipinski definition) is 3. The molecule has 0 radical (unpaired) electrons. The van der Waals surface area contributed by atoms with Crippen LogP contribution >= 0.6 is 0 Å². The van der Waals surface area contributed by atoms with Crippen molar-refractivity contribution in [1.29, 1.82) is 0 Å². The van der Waals surface area contributed by atoms with Crippen molar-refractivity contribution in [3.8, 4) is 0 Å². The van der Waals surface area contributed by atoms with Crippen molar-refractivity contribution < 1.29 is 0 Å². The Morgan fingerprint density at radius 2 is 1.68 bits per heavy atom. The second-order valence-corrected chi connectivity index (χ2v) is 7.76. The highest BCUT2D eigenvalue weighted by molar-refractivity contribution is 4.90. The lowest BCUT2D eigenvalue weighted by atomic mass is 9.71. The molecule has 1 aliphatic carbocycles. The number of piperazine rings is 1. The Kier molecular flexibility index (Phi) is 4.91. The van der Waals surface area contributed by atoms with Gasteiger partial charge in [0.1, 0.15) is 0 Å². The van der Waals surface area contributed by atoms with E-state index in [1.807, 2.05) is 0 Å². The van der Waals surface area contributed by atoms with Crippen LogP contribution in [0.2, 0.25) is 0 Å². The normalized spacial score (nSPS) is 35.5. The summed E-state index contributed by atoms with van der Waals surface area (Å²) in [5.74, 6) is 0.910. The van der Waals surface area contributed by atoms with Crippen LogP contribution in [0.15, 0.2) is 0 Å². The lowest BCUT2D eigenvalue weighted by Gasteiger charge is -2.47. The molecule has 1 unspecified atom stereocenters. The molecule has 0 aromatic carbocycles. The van der Waals surface area contributed by atoms with Crippen molar-refractivity contribution in [2.75, 3.05) is 33.2 Å². The summed E-state index contributed by atoms with van der Waals surface area (Å²) < 4.78 is 0. The average Bonchev–Trinajstić information content (AvgIpc) is 2.37. The zero-order valence-corrected chi connectivity index (χ0v) is 13.4. The van der Waals surface area contributed by atoms with E-state index >= 15 is 0 Å². The third-order valence-corrected chi connectivity index (χ3v) is 5.39. The van der Waals surface area contributed by atoms with Gasteiger partial charge in [0.15, 0.2) is 0 Å². The molecule has 0 aromatic rings. The standard InChI is InChI=1S/C16H33N3/c1-16(2,3)13-5-7-14(8-6-13)19-10-9-18(4)12-15(19)11-17/h13-15H,5-12,17H2,1-4H3. The zero-order valence-electron chi connectivity index (χ0n) is 13.4. The summed E-state index contributed by atoms with van der Waals surface area (Å²) in [7, 11) is 2.22. The van der Waals surface area contributed by atoms with E-state index in [1.165, 1.54) is 38.8 Å². The lowest BCUT2D eigenvalue weighted by Crippen LogP contribution is -2.58. The van der Waals surface area contributed by atoms with E-state index in [4.69, 9.17) is 5.73 Å². The molecule has 1 saturated heterocycles. The third kappa shape index (κ3) is 3.71. The topological polar surface area (TPSA) is 32.5 Å². The Balaban J connectivity index is 1.90. The monoisotopic (exact) mass is 267 g/mol. The second kappa shape index (κ2) is 6.11. The maximum Gasteiger partial charge on any atom is 0.0349 e. The molecule has 2 N–H and O–H groups in total. The van der Waals surface area contributed by atoms with Crippen LogP contribution in [0.3, 0.4) is 0 Å². The molecule has 0 spiro atoms. The molecule has 3 nitrogen and oxygen atoms in total. The summed E-state index contributed by atoms with van der Waals surface area (Å²) in [4.78, 5) is 5.15. The fourth-order valence-corrected chi connectivity index (χ4v) is 3.99. The van der Waals surface area contributed by atoms with Gasteiger partial charge in [-0.05, 0) is 44.1 Å². The predicted octanol–water partition coefficient (Wildman–Crippen LogP) is 2.17. The molecule has 2 rings (SSSR count). The quantitative estimate of drug-likeness (QED) is 0.832. The smallest absolute Gasteiger partial charge is 0.0349 e. The van der Waals surface area contributed by atoms with E-state index in [0.29, 0.717) is 11.5 Å². The first-order chi connectivity index (χ1) is 8.91. The maximum absolute atomic E-state index is 5.99. The fourth-order valence-electron chi connectivity index (χ4n) is 3.99. The maximum atomic E-state index is 5.99.